The molecule has 0 unspecified atom stereocenters. The Bertz CT molecular complexity index is 960. The van der Waals surface area contributed by atoms with Gasteiger partial charge in [0.15, 0.2) is 5.56 Å². The van der Waals surface area contributed by atoms with E-state index < -0.39 is 11.2 Å². The quantitative estimate of drug-likeness (QED) is 0.875. The molecule has 0 bridgehead atoms. The predicted octanol–water partition coefficient (Wildman–Crippen LogP) is 1.34. The van der Waals surface area contributed by atoms with Gasteiger partial charge in [-0.15, -0.1) is 0 Å². The molecule has 1 N–H and O–H groups in total. The summed E-state index contributed by atoms with van der Waals surface area (Å²) in [5, 5.41) is 12.3. The van der Waals surface area contributed by atoms with E-state index in [2.05, 4.69) is 15.2 Å². The smallest absolute Gasteiger partial charge is 0.332 e. The minimum Gasteiger partial charge on any atom is -0.366 e. The van der Waals surface area contributed by atoms with Crippen LogP contribution in [-0.4, -0.2) is 27.2 Å². The average Bonchev–Trinajstić information content (AvgIpc) is 2.98. The molecular formula is C19H24N6O2. The van der Waals surface area contributed by atoms with Crippen molar-refractivity contribution in [1.82, 2.24) is 14.1 Å². The summed E-state index contributed by atoms with van der Waals surface area (Å²) >= 11 is 0. The lowest BCUT2D eigenvalue weighted by molar-refractivity contribution is 0.685. The van der Waals surface area contributed by atoms with Gasteiger partial charge in [-0.2, -0.15) is 5.26 Å². The maximum Gasteiger partial charge on any atom is 0.332 e. The highest BCUT2D eigenvalue weighted by atomic mass is 16.2. The van der Waals surface area contributed by atoms with Gasteiger partial charge in [0.2, 0.25) is 0 Å². The van der Waals surface area contributed by atoms with E-state index in [9.17, 15) is 14.9 Å². The van der Waals surface area contributed by atoms with Gasteiger partial charge in [-0.3, -0.25) is 13.9 Å². The lowest BCUT2D eigenvalue weighted by atomic mass is 10.2. The SMILES string of the molecule is Cn1c(NCc2ccc(N3CCCCCC3)nc2)c(C#N)c(=O)n(C)c1=O. The van der Waals surface area contributed by atoms with Crippen LogP contribution in [0, 0.1) is 11.3 Å². The van der Waals surface area contributed by atoms with E-state index in [1.54, 1.807) is 6.20 Å². The van der Waals surface area contributed by atoms with Gasteiger partial charge in [0.25, 0.3) is 5.56 Å². The minimum atomic E-state index is -0.599. The molecule has 0 amide bonds. The molecule has 0 aliphatic carbocycles. The maximum absolute atomic E-state index is 12.1. The molecule has 2 aromatic rings. The summed E-state index contributed by atoms with van der Waals surface area (Å²) < 4.78 is 2.21. The van der Waals surface area contributed by atoms with Crippen LogP contribution in [-0.2, 0) is 20.6 Å². The van der Waals surface area contributed by atoms with Crippen molar-refractivity contribution in [3.8, 4) is 6.07 Å². The fourth-order valence-corrected chi connectivity index (χ4v) is 3.35. The summed E-state index contributed by atoms with van der Waals surface area (Å²) in [7, 11) is 2.90. The fraction of sp³-hybridized carbons (Fsp3) is 0.474. The molecule has 8 heteroatoms. The summed E-state index contributed by atoms with van der Waals surface area (Å²) in [6.07, 6.45) is 6.72. The topological polar surface area (TPSA) is 95.9 Å². The number of rotatable bonds is 4. The highest BCUT2D eigenvalue weighted by molar-refractivity contribution is 5.51. The average molecular weight is 368 g/mol. The molecule has 0 aromatic carbocycles. The number of aromatic nitrogens is 3. The van der Waals surface area contributed by atoms with Crippen LogP contribution in [0.1, 0.15) is 36.8 Å². The number of pyridine rings is 1. The summed E-state index contributed by atoms with van der Waals surface area (Å²) in [5.74, 6) is 1.20. The van der Waals surface area contributed by atoms with Crippen LogP contribution < -0.4 is 21.5 Å². The van der Waals surface area contributed by atoms with E-state index >= 15 is 0 Å². The van der Waals surface area contributed by atoms with Gasteiger partial charge >= 0.3 is 5.69 Å². The second-order valence-electron chi connectivity index (χ2n) is 6.82. The standard InChI is InChI=1S/C19H24N6O2/c1-23-17(15(11-20)18(26)24(2)19(23)27)22-13-14-7-8-16(21-12-14)25-9-5-3-4-6-10-25/h7-8,12,22H,3-6,9-10,13H2,1-2H3. The largest absolute Gasteiger partial charge is 0.366 e. The molecule has 0 atom stereocenters. The first-order valence-corrected chi connectivity index (χ1v) is 9.17. The second kappa shape index (κ2) is 8.08. The Morgan fingerprint density at radius 3 is 2.41 bits per heavy atom. The molecule has 142 valence electrons. The van der Waals surface area contributed by atoms with Crippen molar-refractivity contribution in [1.29, 1.82) is 5.26 Å². The van der Waals surface area contributed by atoms with Crippen LogP contribution in [0.4, 0.5) is 11.6 Å². The molecule has 1 fully saturated rings. The molecule has 3 rings (SSSR count). The van der Waals surface area contributed by atoms with Crippen molar-refractivity contribution in [2.24, 2.45) is 14.1 Å². The van der Waals surface area contributed by atoms with Gasteiger partial charge in [-0.25, -0.2) is 9.78 Å². The molecule has 1 aliphatic rings. The Morgan fingerprint density at radius 1 is 1.11 bits per heavy atom. The molecule has 3 heterocycles. The summed E-state index contributed by atoms with van der Waals surface area (Å²) in [6.45, 7) is 2.43. The first-order valence-electron chi connectivity index (χ1n) is 9.17. The zero-order chi connectivity index (χ0) is 19.4. The Balaban J connectivity index is 1.77. The van der Waals surface area contributed by atoms with Gasteiger partial charge in [0.05, 0.1) is 0 Å². The Kier molecular flexibility index (Phi) is 5.60. The van der Waals surface area contributed by atoms with E-state index in [4.69, 9.17) is 0 Å². The summed E-state index contributed by atoms with van der Waals surface area (Å²) in [4.78, 5) is 31.1. The van der Waals surface area contributed by atoms with E-state index in [1.807, 2.05) is 18.2 Å². The highest BCUT2D eigenvalue weighted by Gasteiger charge is 2.15. The normalized spacial score (nSPS) is 14.5. The number of hydrogen-bond acceptors (Lipinski definition) is 6. The number of nitrogens with zero attached hydrogens (tertiary/aromatic N) is 5. The lowest BCUT2D eigenvalue weighted by Gasteiger charge is -2.21. The highest BCUT2D eigenvalue weighted by Crippen LogP contribution is 2.18. The predicted molar refractivity (Wildman–Crippen MR) is 104 cm³/mol. The molecule has 0 spiro atoms. The third kappa shape index (κ3) is 3.87. The Labute approximate surface area is 157 Å². The summed E-state index contributed by atoms with van der Waals surface area (Å²) in [6, 6.07) is 5.86. The van der Waals surface area contributed by atoms with Crippen molar-refractivity contribution in [3.63, 3.8) is 0 Å². The zero-order valence-corrected chi connectivity index (χ0v) is 15.7. The van der Waals surface area contributed by atoms with E-state index in [1.165, 1.54) is 44.3 Å². The molecule has 1 aliphatic heterocycles. The van der Waals surface area contributed by atoms with Crippen molar-refractivity contribution >= 4 is 11.6 Å². The van der Waals surface area contributed by atoms with Gasteiger partial charge in [-0.05, 0) is 24.5 Å². The lowest BCUT2D eigenvalue weighted by Crippen LogP contribution is -2.39. The molecule has 0 saturated carbocycles. The second-order valence-corrected chi connectivity index (χ2v) is 6.82. The summed E-state index contributed by atoms with van der Waals surface area (Å²) in [5.41, 5.74) is -0.242. The third-order valence-corrected chi connectivity index (χ3v) is 4.98. The van der Waals surface area contributed by atoms with Crippen LogP contribution in [0.15, 0.2) is 27.9 Å². The van der Waals surface area contributed by atoms with Crippen molar-refractivity contribution in [3.05, 3.63) is 50.3 Å². The van der Waals surface area contributed by atoms with Gasteiger partial charge in [0, 0.05) is 39.9 Å². The Morgan fingerprint density at radius 2 is 1.81 bits per heavy atom. The molecule has 1 saturated heterocycles. The first-order chi connectivity index (χ1) is 13.0. The van der Waals surface area contributed by atoms with Crippen molar-refractivity contribution in [2.75, 3.05) is 23.3 Å². The number of hydrogen-bond donors (Lipinski definition) is 1. The molecular weight excluding hydrogens is 344 g/mol. The minimum absolute atomic E-state index is 0.0752. The van der Waals surface area contributed by atoms with Gasteiger partial charge < -0.3 is 10.2 Å². The monoisotopic (exact) mass is 368 g/mol. The van der Waals surface area contributed by atoms with Crippen molar-refractivity contribution in [2.45, 2.75) is 32.2 Å². The van der Waals surface area contributed by atoms with Crippen LogP contribution >= 0.6 is 0 Å². The fourth-order valence-electron chi connectivity index (χ4n) is 3.35. The van der Waals surface area contributed by atoms with Crippen LogP contribution in [0.5, 0.6) is 0 Å². The number of nitriles is 1. The molecule has 8 nitrogen and oxygen atoms in total. The van der Waals surface area contributed by atoms with E-state index in [-0.39, 0.29) is 11.4 Å². The number of nitrogens with one attached hydrogen (secondary N) is 1. The van der Waals surface area contributed by atoms with E-state index in [0.717, 1.165) is 29.0 Å². The maximum atomic E-state index is 12.1. The van der Waals surface area contributed by atoms with Gasteiger partial charge in [-0.1, -0.05) is 18.9 Å². The molecule has 0 radical (unpaired) electrons. The van der Waals surface area contributed by atoms with Gasteiger partial charge in [0.1, 0.15) is 17.7 Å². The molecule has 2 aromatic heterocycles. The van der Waals surface area contributed by atoms with Crippen LogP contribution in [0.2, 0.25) is 0 Å². The first kappa shape index (κ1) is 18.7. The van der Waals surface area contributed by atoms with Crippen molar-refractivity contribution < 1.29 is 0 Å². The zero-order valence-electron chi connectivity index (χ0n) is 15.7. The third-order valence-electron chi connectivity index (χ3n) is 4.98. The number of anilines is 2. The van der Waals surface area contributed by atoms with E-state index in [0.29, 0.717) is 6.54 Å². The van der Waals surface area contributed by atoms with Crippen LogP contribution in [0.3, 0.4) is 0 Å². The molecule has 27 heavy (non-hydrogen) atoms. The van der Waals surface area contributed by atoms with Crippen LogP contribution in [0.25, 0.3) is 0 Å². The Hall–Kier alpha value is -3.08.